The number of hydrogen-bond donors (Lipinski definition) is 1. The molecule has 0 saturated carbocycles. The maximum atomic E-state index is 10.5. The molecule has 0 spiro atoms. The molecule has 16 heavy (non-hydrogen) atoms. The van der Waals surface area contributed by atoms with Crippen molar-refractivity contribution in [3.63, 3.8) is 0 Å². The van der Waals surface area contributed by atoms with E-state index in [9.17, 15) is 4.79 Å². The van der Waals surface area contributed by atoms with Gasteiger partial charge < -0.3 is 9.51 Å². The number of aliphatic carboxylic acids is 1. The highest BCUT2D eigenvalue weighted by Gasteiger charge is 2.08. The molecule has 2 aromatic rings. The summed E-state index contributed by atoms with van der Waals surface area (Å²) in [6, 6.07) is 1.84. The molecule has 0 fully saturated rings. The first-order valence-electron chi connectivity index (χ1n) is 4.92. The molecule has 0 aromatic carbocycles. The third kappa shape index (κ3) is 2.02. The summed E-state index contributed by atoms with van der Waals surface area (Å²) in [4.78, 5) is 14.8. The third-order valence-corrected chi connectivity index (χ3v) is 2.63. The van der Waals surface area contributed by atoms with Crippen molar-refractivity contribution < 1.29 is 9.90 Å². The second-order valence-corrected chi connectivity index (χ2v) is 4.11. The Hall–Kier alpha value is -1.55. The molecular weight excluding hydrogens is 228 g/mol. The number of aryl methyl sites for hydroxylation is 2. The number of hydrogen-bond acceptors (Lipinski definition) is 2. The standard InChI is InChI=1S/C11H11ClN2O2/c1-7-4-8(12)6-14-9(2-3-10(15)16)5-13-11(7)14/h4-6H,2-3H2,1H3,(H,15,16). The molecule has 0 aliphatic rings. The van der Waals surface area contributed by atoms with Crippen LogP contribution in [0.25, 0.3) is 5.65 Å². The van der Waals surface area contributed by atoms with Crippen molar-refractivity contribution in [2.24, 2.45) is 0 Å². The molecule has 0 unspecified atom stereocenters. The second kappa shape index (κ2) is 4.14. The molecular formula is C11H11ClN2O2. The van der Waals surface area contributed by atoms with Crippen molar-refractivity contribution in [2.75, 3.05) is 0 Å². The number of aromatic nitrogens is 2. The van der Waals surface area contributed by atoms with E-state index >= 15 is 0 Å². The van der Waals surface area contributed by atoms with Crippen LogP contribution >= 0.6 is 11.6 Å². The number of carbonyl (C=O) groups is 1. The lowest BCUT2D eigenvalue weighted by Crippen LogP contribution is -2.00. The summed E-state index contributed by atoms with van der Waals surface area (Å²) in [6.45, 7) is 1.93. The van der Waals surface area contributed by atoms with Crippen LogP contribution < -0.4 is 0 Å². The van der Waals surface area contributed by atoms with Gasteiger partial charge in [0, 0.05) is 24.5 Å². The fourth-order valence-corrected chi connectivity index (χ4v) is 1.95. The van der Waals surface area contributed by atoms with Gasteiger partial charge in [-0.05, 0) is 18.6 Å². The van der Waals surface area contributed by atoms with Crippen LogP contribution in [0.15, 0.2) is 18.5 Å². The highest BCUT2D eigenvalue weighted by molar-refractivity contribution is 6.30. The number of carboxylic acids is 1. The van der Waals surface area contributed by atoms with Crippen molar-refractivity contribution in [3.8, 4) is 0 Å². The first-order chi connectivity index (χ1) is 7.58. The van der Waals surface area contributed by atoms with E-state index in [1.54, 1.807) is 12.4 Å². The van der Waals surface area contributed by atoms with E-state index in [0.29, 0.717) is 11.4 Å². The normalized spacial score (nSPS) is 10.9. The van der Waals surface area contributed by atoms with Crippen LogP contribution in [0.4, 0.5) is 0 Å². The molecule has 2 aromatic heterocycles. The van der Waals surface area contributed by atoms with Gasteiger partial charge >= 0.3 is 5.97 Å². The number of halogens is 1. The topological polar surface area (TPSA) is 54.6 Å². The molecule has 0 aliphatic heterocycles. The second-order valence-electron chi connectivity index (χ2n) is 3.68. The minimum absolute atomic E-state index is 0.0966. The lowest BCUT2D eigenvalue weighted by molar-refractivity contribution is -0.136. The van der Waals surface area contributed by atoms with Crippen molar-refractivity contribution in [2.45, 2.75) is 19.8 Å². The molecule has 0 atom stereocenters. The lowest BCUT2D eigenvalue weighted by atomic mass is 10.2. The van der Waals surface area contributed by atoms with Crippen molar-refractivity contribution in [1.29, 1.82) is 0 Å². The summed E-state index contributed by atoms with van der Waals surface area (Å²) in [5, 5.41) is 9.26. The minimum atomic E-state index is -0.811. The van der Waals surface area contributed by atoms with Crippen LogP contribution in [-0.2, 0) is 11.2 Å². The molecule has 5 heteroatoms. The Morgan fingerprint density at radius 1 is 1.62 bits per heavy atom. The molecule has 0 radical (unpaired) electrons. The van der Waals surface area contributed by atoms with Gasteiger partial charge in [-0.15, -0.1) is 0 Å². The van der Waals surface area contributed by atoms with Crippen LogP contribution in [-0.4, -0.2) is 20.5 Å². The summed E-state index contributed by atoms with van der Waals surface area (Å²) in [5.41, 5.74) is 2.67. The van der Waals surface area contributed by atoms with E-state index < -0.39 is 5.97 Å². The van der Waals surface area contributed by atoms with Crippen LogP contribution in [0, 0.1) is 6.92 Å². The van der Waals surface area contributed by atoms with Crippen molar-refractivity contribution >= 4 is 23.2 Å². The van der Waals surface area contributed by atoms with Gasteiger partial charge in [0.2, 0.25) is 0 Å². The summed E-state index contributed by atoms with van der Waals surface area (Å²) in [5.74, 6) is -0.811. The Labute approximate surface area is 97.5 Å². The maximum Gasteiger partial charge on any atom is 0.303 e. The molecule has 2 rings (SSSR count). The predicted molar refractivity (Wildman–Crippen MR) is 60.9 cm³/mol. The van der Waals surface area contributed by atoms with Crippen LogP contribution in [0.3, 0.4) is 0 Å². The molecule has 1 N–H and O–H groups in total. The van der Waals surface area contributed by atoms with Crippen molar-refractivity contribution in [3.05, 3.63) is 34.7 Å². The Bertz CT molecular complexity index is 548. The quantitative estimate of drug-likeness (QED) is 0.893. The zero-order valence-corrected chi connectivity index (χ0v) is 9.53. The molecule has 0 bridgehead atoms. The van der Waals surface area contributed by atoms with E-state index in [0.717, 1.165) is 16.9 Å². The molecule has 2 heterocycles. The number of imidazole rings is 1. The van der Waals surface area contributed by atoms with E-state index in [4.69, 9.17) is 16.7 Å². The van der Waals surface area contributed by atoms with E-state index in [1.807, 2.05) is 17.4 Å². The predicted octanol–water partition coefficient (Wildman–Crippen LogP) is 2.31. The average molecular weight is 239 g/mol. The number of nitrogens with zero attached hydrogens (tertiary/aromatic N) is 2. The van der Waals surface area contributed by atoms with Crippen LogP contribution in [0.2, 0.25) is 5.02 Å². The Morgan fingerprint density at radius 2 is 2.38 bits per heavy atom. The molecule has 4 nitrogen and oxygen atoms in total. The summed E-state index contributed by atoms with van der Waals surface area (Å²) in [6.07, 6.45) is 4.01. The fraction of sp³-hybridized carbons (Fsp3) is 0.273. The lowest BCUT2D eigenvalue weighted by Gasteiger charge is -2.02. The Kier molecular flexibility index (Phi) is 2.83. The molecule has 0 amide bonds. The van der Waals surface area contributed by atoms with Crippen molar-refractivity contribution in [1.82, 2.24) is 9.38 Å². The zero-order chi connectivity index (χ0) is 11.7. The number of fused-ring (bicyclic) bond motifs is 1. The SMILES string of the molecule is Cc1cc(Cl)cn2c(CCC(=O)O)cnc12. The van der Waals surface area contributed by atoms with Crippen LogP contribution in [0.1, 0.15) is 17.7 Å². The smallest absolute Gasteiger partial charge is 0.303 e. The van der Waals surface area contributed by atoms with Gasteiger partial charge in [0.25, 0.3) is 0 Å². The first-order valence-corrected chi connectivity index (χ1v) is 5.29. The van der Waals surface area contributed by atoms with Gasteiger partial charge in [0.1, 0.15) is 5.65 Å². The van der Waals surface area contributed by atoms with Crippen LogP contribution in [0.5, 0.6) is 0 Å². The highest BCUT2D eigenvalue weighted by Crippen LogP contribution is 2.18. The number of pyridine rings is 1. The molecule has 0 saturated heterocycles. The average Bonchev–Trinajstić information content (AvgIpc) is 2.58. The van der Waals surface area contributed by atoms with Gasteiger partial charge in [-0.25, -0.2) is 4.98 Å². The summed E-state index contributed by atoms with van der Waals surface area (Å²) < 4.78 is 1.85. The Balaban J connectivity index is 2.43. The Morgan fingerprint density at radius 3 is 3.06 bits per heavy atom. The number of carboxylic acid groups (broad SMARTS) is 1. The van der Waals surface area contributed by atoms with E-state index in [-0.39, 0.29) is 6.42 Å². The van der Waals surface area contributed by atoms with Gasteiger partial charge in [0.05, 0.1) is 11.4 Å². The molecule has 0 aliphatic carbocycles. The number of rotatable bonds is 3. The maximum absolute atomic E-state index is 10.5. The summed E-state index contributed by atoms with van der Waals surface area (Å²) >= 11 is 5.95. The highest BCUT2D eigenvalue weighted by atomic mass is 35.5. The monoisotopic (exact) mass is 238 g/mol. The largest absolute Gasteiger partial charge is 0.481 e. The fourth-order valence-electron chi connectivity index (χ4n) is 1.68. The van der Waals surface area contributed by atoms with Gasteiger partial charge in [-0.1, -0.05) is 11.6 Å². The van der Waals surface area contributed by atoms with Gasteiger partial charge in [-0.3, -0.25) is 4.79 Å². The van der Waals surface area contributed by atoms with Gasteiger partial charge in [-0.2, -0.15) is 0 Å². The van der Waals surface area contributed by atoms with Gasteiger partial charge in [0.15, 0.2) is 0 Å². The zero-order valence-electron chi connectivity index (χ0n) is 8.77. The summed E-state index contributed by atoms with van der Waals surface area (Å²) in [7, 11) is 0. The first kappa shape index (κ1) is 11.0. The van der Waals surface area contributed by atoms with E-state index in [1.165, 1.54) is 0 Å². The van der Waals surface area contributed by atoms with E-state index in [2.05, 4.69) is 4.98 Å². The molecule has 84 valence electrons. The third-order valence-electron chi connectivity index (χ3n) is 2.43. The minimum Gasteiger partial charge on any atom is -0.481 e.